The van der Waals surface area contributed by atoms with E-state index in [0.717, 1.165) is 43.4 Å². The van der Waals surface area contributed by atoms with E-state index in [2.05, 4.69) is 15.5 Å². The van der Waals surface area contributed by atoms with E-state index in [-0.39, 0.29) is 12.5 Å². The van der Waals surface area contributed by atoms with Crippen LogP contribution in [0.2, 0.25) is 5.02 Å². The zero-order valence-corrected chi connectivity index (χ0v) is 16.9. The summed E-state index contributed by atoms with van der Waals surface area (Å²) in [7, 11) is 0. The molecule has 0 atom stereocenters. The van der Waals surface area contributed by atoms with Crippen molar-refractivity contribution in [1.82, 2.24) is 15.5 Å². The first kappa shape index (κ1) is 19.2. The molecule has 2 aliphatic carbocycles. The van der Waals surface area contributed by atoms with Gasteiger partial charge >= 0.3 is 0 Å². The van der Waals surface area contributed by atoms with Crippen molar-refractivity contribution in [2.75, 3.05) is 6.61 Å². The normalized spacial score (nSPS) is 19.1. The van der Waals surface area contributed by atoms with E-state index in [1.807, 2.05) is 18.2 Å². The summed E-state index contributed by atoms with van der Waals surface area (Å²) >= 11 is 6.22. The van der Waals surface area contributed by atoms with Crippen LogP contribution < -0.4 is 10.1 Å². The predicted octanol–water partition coefficient (Wildman–Crippen LogP) is 4.65. The Hall–Kier alpha value is -2.08. The molecule has 0 unspecified atom stereocenters. The van der Waals surface area contributed by atoms with Gasteiger partial charge in [-0.15, -0.1) is 0 Å². The molecule has 4 rings (SSSR count). The highest BCUT2D eigenvalue weighted by atomic mass is 35.5. The molecule has 1 aromatic carbocycles. The van der Waals surface area contributed by atoms with Crippen molar-refractivity contribution in [3.8, 4) is 5.75 Å². The molecule has 1 aromatic heterocycles. The fraction of sp³-hybridized carbons (Fsp3) is 0.571. The van der Waals surface area contributed by atoms with Crippen LogP contribution in [-0.4, -0.2) is 22.7 Å². The molecule has 1 amide bonds. The number of amides is 1. The maximum absolute atomic E-state index is 12.6. The van der Waals surface area contributed by atoms with Crippen molar-refractivity contribution in [3.05, 3.63) is 40.5 Å². The lowest BCUT2D eigenvalue weighted by Crippen LogP contribution is -2.52. The van der Waals surface area contributed by atoms with Gasteiger partial charge in [-0.2, -0.15) is 4.98 Å². The third-order valence-corrected chi connectivity index (χ3v) is 6.15. The van der Waals surface area contributed by atoms with Gasteiger partial charge in [0.05, 0.1) is 0 Å². The zero-order valence-electron chi connectivity index (χ0n) is 16.2. The first-order chi connectivity index (χ1) is 13.6. The molecule has 2 fully saturated rings. The quantitative estimate of drug-likeness (QED) is 0.759. The molecule has 1 heterocycles. The number of nitrogens with zero attached hydrogens (tertiary/aromatic N) is 2. The van der Waals surface area contributed by atoms with Gasteiger partial charge in [-0.1, -0.05) is 36.0 Å². The fourth-order valence-corrected chi connectivity index (χ4v) is 4.44. The molecule has 1 N–H and O–H groups in total. The van der Waals surface area contributed by atoms with Crippen molar-refractivity contribution < 1.29 is 14.1 Å². The van der Waals surface area contributed by atoms with Gasteiger partial charge in [-0.05, 0) is 61.8 Å². The highest BCUT2D eigenvalue weighted by molar-refractivity contribution is 6.30. The van der Waals surface area contributed by atoms with Crippen molar-refractivity contribution in [2.45, 2.75) is 69.7 Å². The van der Waals surface area contributed by atoms with Crippen molar-refractivity contribution in [2.24, 2.45) is 0 Å². The van der Waals surface area contributed by atoms with E-state index in [1.165, 1.54) is 19.3 Å². The van der Waals surface area contributed by atoms with E-state index in [0.29, 0.717) is 22.7 Å². The third-order valence-electron chi connectivity index (χ3n) is 5.92. The Balaban J connectivity index is 1.42. The number of carbonyl (C=O) groups is 1. The van der Waals surface area contributed by atoms with Crippen molar-refractivity contribution in [1.29, 1.82) is 0 Å². The molecule has 0 saturated heterocycles. The Morgan fingerprint density at radius 2 is 2.07 bits per heavy atom. The Bertz CT molecular complexity index is 841. The molecule has 0 bridgehead atoms. The minimum Gasteiger partial charge on any atom is -0.483 e. The van der Waals surface area contributed by atoms with E-state index >= 15 is 0 Å². The lowest BCUT2D eigenvalue weighted by molar-refractivity contribution is -0.126. The topological polar surface area (TPSA) is 77.2 Å². The van der Waals surface area contributed by atoms with Crippen molar-refractivity contribution >= 4 is 17.5 Å². The van der Waals surface area contributed by atoms with Crippen LogP contribution in [0, 0.1) is 6.92 Å². The molecular weight excluding hydrogens is 378 g/mol. The number of benzene rings is 1. The second-order valence-electron chi connectivity index (χ2n) is 7.93. The number of aryl methyl sites for hydroxylation is 1. The Labute approximate surface area is 170 Å². The van der Waals surface area contributed by atoms with E-state index in [1.54, 1.807) is 6.92 Å². The summed E-state index contributed by atoms with van der Waals surface area (Å²) in [5.74, 6) is 2.09. The Morgan fingerprint density at radius 1 is 1.29 bits per heavy atom. The number of ether oxygens (including phenoxy) is 1. The second kappa shape index (κ2) is 8.11. The van der Waals surface area contributed by atoms with Gasteiger partial charge < -0.3 is 14.6 Å². The number of aromatic nitrogens is 2. The van der Waals surface area contributed by atoms with Crippen LogP contribution in [0.3, 0.4) is 0 Å². The average Bonchev–Trinajstić information content (AvgIpc) is 3.11. The smallest absolute Gasteiger partial charge is 0.258 e. The molecule has 2 aromatic rings. The summed E-state index contributed by atoms with van der Waals surface area (Å²) in [5, 5.41) is 7.78. The molecule has 2 saturated carbocycles. The van der Waals surface area contributed by atoms with Gasteiger partial charge in [0.2, 0.25) is 5.89 Å². The third kappa shape index (κ3) is 4.02. The molecule has 0 spiro atoms. The largest absolute Gasteiger partial charge is 0.483 e. The first-order valence-corrected chi connectivity index (χ1v) is 10.5. The summed E-state index contributed by atoms with van der Waals surface area (Å²) < 4.78 is 11.0. The summed E-state index contributed by atoms with van der Waals surface area (Å²) in [6.07, 6.45) is 8.67. The maximum atomic E-state index is 12.6. The number of nitrogens with one attached hydrogen (secondary N) is 1. The number of halogens is 1. The van der Waals surface area contributed by atoms with Gasteiger partial charge in [-0.3, -0.25) is 4.79 Å². The summed E-state index contributed by atoms with van der Waals surface area (Å²) in [6.45, 7) is 1.71. The van der Waals surface area contributed by atoms with Crippen molar-refractivity contribution in [3.63, 3.8) is 0 Å². The average molecular weight is 404 g/mol. The van der Waals surface area contributed by atoms with Crippen LogP contribution >= 0.6 is 11.6 Å². The lowest BCUT2D eigenvalue weighted by Gasteiger charge is -2.39. The SMILES string of the molecule is Cc1nc(C2(NC(=O)COc3ccc(Cl)cc3C3CCCCC3)CCC2)no1. The summed E-state index contributed by atoms with van der Waals surface area (Å²) in [5.41, 5.74) is 0.594. The predicted molar refractivity (Wildman–Crippen MR) is 105 cm³/mol. The number of rotatable bonds is 6. The van der Waals surface area contributed by atoms with Crippen LogP contribution in [0.15, 0.2) is 22.7 Å². The van der Waals surface area contributed by atoms with E-state index in [4.69, 9.17) is 20.9 Å². The summed E-state index contributed by atoms with van der Waals surface area (Å²) in [6, 6.07) is 5.68. The van der Waals surface area contributed by atoms with E-state index in [9.17, 15) is 4.79 Å². The van der Waals surface area contributed by atoms with Crippen LogP contribution in [0.1, 0.15) is 74.6 Å². The van der Waals surface area contributed by atoms with Crippen LogP contribution in [-0.2, 0) is 10.3 Å². The van der Waals surface area contributed by atoms with Gasteiger partial charge in [0.1, 0.15) is 11.3 Å². The molecule has 0 aliphatic heterocycles. The number of hydrogen-bond donors (Lipinski definition) is 1. The van der Waals surface area contributed by atoms with Gasteiger partial charge in [0, 0.05) is 11.9 Å². The number of carbonyl (C=O) groups excluding carboxylic acids is 1. The molecule has 2 aliphatic rings. The molecule has 28 heavy (non-hydrogen) atoms. The monoisotopic (exact) mass is 403 g/mol. The summed E-state index contributed by atoms with van der Waals surface area (Å²) in [4.78, 5) is 16.9. The molecule has 7 heteroatoms. The Kier molecular flexibility index (Phi) is 5.58. The maximum Gasteiger partial charge on any atom is 0.258 e. The van der Waals surface area contributed by atoms with E-state index < -0.39 is 5.54 Å². The molecular formula is C21H26ClN3O3. The highest BCUT2D eigenvalue weighted by Crippen LogP contribution is 2.40. The van der Waals surface area contributed by atoms with Crippen LogP contribution in [0.4, 0.5) is 0 Å². The minimum atomic E-state index is -0.523. The minimum absolute atomic E-state index is 0.0417. The first-order valence-electron chi connectivity index (χ1n) is 10.1. The lowest BCUT2D eigenvalue weighted by atomic mass is 9.76. The van der Waals surface area contributed by atoms with Crippen LogP contribution in [0.25, 0.3) is 0 Å². The second-order valence-corrected chi connectivity index (χ2v) is 8.36. The van der Waals surface area contributed by atoms with Gasteiger partial charge in [0.15, 0.2) is 12.4 Å². The highest BCUT2D eigenvalue weighted by Gasteiger charge is 2.44. The zero-order chi connectivity index (χ0) is 19.6. The van der Waals surface area contributed by atoms with Gasteiger partial charge in [-0.25, -0.2) is 0 Å². The Morgan fingerprint density at radius 3 is 2.71 bits per heavy atom. The molecule has 6 nitrogen and oxygen atoms in total. The van der Waals surface area contributed by atoms with Crippen LogP contribution in [0.5, 0.6) is 5.75 Å². The molecule has 150 valence electrons. The van der Waals surface area contributed by atoms with Gasteiger partial charge in [0.25, 0.3) is 5.91 Å². The standard InChI is InChI=1S/C21H26ClN3O3/c1-14-23-20(25-28-14)21(10-5-11-21)24-19(26)13-27-18-9-8-16(22)12-17(18)15-6-3-2-4-7-15/h8-9,12,15H,2-7,10-11,13H2,1H3,(H,24,26). The number of hydrogen-bond acceptors (Lipinski definition) is 5. The molecule has 0 radical (unpaired) electrons. The fourth-order valence-electron chi connectivity index (χ4n) is 4.26.